The van der Waals surface area contributed by atoms with E-state index in [2.05, 4.69) is 38.1 Å². The number of carbonyl (C=O) groups excluding carboxylic acids is 4. The van der Waals surface area contributed by atoms with Crippen LogP contribution in [0.4, 0.5) is 0 Å². The number of ether oxygens (including phenoxy) is 4. The maximum Gasteiger partial charge on any atom is 2.00 e. The van der Waals surface area contributed by atoms with Crippen molar-refractivity contribution in [1.82, 2.24) is 9.80 Å². The van der Waals surface area contributed by atoms with Gasteiger partial charge in [-0.2, -0.15) is 0 Å². The zero-order chi connectivity index (χ0) is 47.8. The molecular weight excluding hydrogens is 861 g/mol. The maximum absolute atomic E-state index is 12.9. The molecule has 0 heterocycles. The average Bonchev–Trinajstić information content (AvgIpc) is 3.33. The summed E-state index contributed by atoms with van der Waals surface area (Å²) in [5.74, 6) is -1.36. The summed E-state index contributed by atoms with van der Waals surface area (Å²) in [6.45, 7) is 11.2. The zero-order valence-electron chi connectivity index (χ0n) is 40.4. The van der Waals surface area contributed by atoms with Crippen molar-refractivity contribution < 1.29 is 48.3 Å². The molecule has 2 unspecified atom stereocenters. The van der Waals surface area contributed by atoms with E-state index in [1.165, 1.54) is 24.0 Å². The summed E-state index contributed by atoms with van der Waals surface area (Å²) in [6.07, 6.45) is 8.98. The molecule has 0 saturated heterocycles. The normalized spacial score (nSPS) is 11.5. The first-order valence-corrected chi connectivity index (χ1v) is 23.8. The molecule has 12 nitrogen and oxygen atoms in total. The van der Waals surface area contributed by atoms with E-state index in [4.69, 9.17) is 18.9 Å². The molecule has 0 radical (unpaired) electrons. The SMILES string of the molecule is CCCCCCN(CCc1ccccc1)C(=O)COc1ccc(CC(OCC)C(=O)[O-])cc1.CCCCCCN(CCc1ccccc1)C(=O)COc1ccc(CC(OCC)C(=O)[O-])cc1.[Mg+2]. The first-order valence-electron chi connectivity index (χ1n) is 23.8. The van der Waals surface area contributed by atoms with Gasteiger partial charge in [0, 0.05) is 52.2 Å². The minimum Gasteiger partial charge on any atom is -0.547 e. The first kappa shape index (κ1) is 58.2. The van der Waals surface area contributed by atoms with E-state index >= 15 is 0 Å². The predicted octanol–water partition coefficient (Wildman–Crippen LogP) is 6.45. The standard InChI is InChI=1S/2C27H37NO5.Mg/c2*1-3-5-6-10-18-28(19-17-22-11-8-7-9-12-22)26(29)21-33-24-15-13-23(14-16-24)20-25(27(30)31)32-4-2;/h2*7-9,11-16,25H,3-6,10,17-21H2,1-2H3,(H,30,31);/q;;+2/p-2. The topological polar surface area (TPSA) is 158 Å². The van der Waals surface area contributed by atoms with Gasteiger partial charge in [-0.1, -0.05) is 137 Å². The van der Waals surface area contributed by atoms with Gasteiger partial charge in [-0.15, -0.1) is 0 Å². The Kier molecular flexibility index (Phi) is 30.6. The van der Waals surface area contributed by atoms with Gasteiger partial charge in [0.2, 0.25) is 0 Å². The Labute approximate surface area is 415 Å². The van der Waals surface area contributed by atoms with Gasteiger partial charge in [-0.25, -0.2) is 0 Å². The number of hydrogen-bond donors (Lipinski definition) is 0. The van der Waals surface area contributed by atoms with Crippen molar-refractivity contribution in [2.45, 2.75) is 117 Å². The van der Waals surface area contributed by atoms with Crippen LogP contribution in [0.3, 0.4) is 0 Å². The smallest absolute Gasteiger partial charge is 0.547 e. The fourth-order valence-corrected chi connectivity index (χ4v) is 7.17. The van der Waals surface area contributed by atoms with Crippen molar-refractivity contribution in [3.63, 3.8) is 0 Å². The fourth-order valence-electron chi connectivity index (χ4n) is 7.17. The Morgan fingerprint density at radius 1 is 0.463 bits per heavy atom. The van der Waals surface area contributed by atoms with Crippen LogP contribution in [0.15, 0.2) is 109 Å². The molecule has 4 aromatic carbocycles. The molecule has 0 fully saturated rings. The Morgan fingerprint density at radius 2 is 0.821 bits per heavy atom. The number of nitrogens with zero attached hydrogens (tertiary/aromatic N) is 2. The predicted molar refractivity (Wildman–Crippen MR) is 260 cm³/mol. The molecule has 2 atom stereocenters. The minimum absolute atomic E-state index is 0. The van der Waals surface area contributed by atoms with Gasteiger partial charge in [0.05, 0.1) is 11.9 Å². The Hall–Kier alpha value is -4.95. The molecule has 4 rings (SSSR count). The molecule has 2 amide bonds. The summed E-state index contributed by atoms with van der Waals surface area (Å²) in [5.41, 5.74) is 4.03. The summed E-state index contributed by atoms with van der Waals surface area (Å²) in [4.78, 5) is 51.8. The van der Waals surface area contributed by atoms with Crippen molar-refractivity contribution in [1.29, 1.82) is 0 Å². The largest absolute Gasteiger partial charge is 2.00 e. The molecule has 0 spiro atoms. The van der Waals surface area contributed by atoms with E-state index in [1.807, 2.05) is 46.2 Å². The van der Waals surface area contributed by atoms with Crippen LogP contribution in [0, 0.1) is 0 Å². The average molecular weight is 933 g/mol. The summed E-state index contributed by atoms with van der Waals surface area (Å²) < 4.78 is 21.9. The van der Waals surface area contributed by atoms with Gasteiger partial charge in [0.15, 0.2) is 13.2 Å². The number of carbonyl (C=O) groups is 4. The number of benzene rings is 4. The number of hydrogen-bond acceptors (Lipinski definition) is 10. The van der Waals surface area contributed by atoms with Crippen LogP contribution in [0.2, 0.25) is 0 Å². The van der Waals surface area contributed by atoms with E-state index in [9.17, 15) is 29.4 Å². The van der Waals surface area contributed by atoms with Gasteiger partial charge >= 0.3 is 23.1 Å². The zero-order valence-corrected chi connectivity index (χ0v) is 41.8. The van der Waals surface area contributed by atoms with Crippen LogP contribution >= 0.6 is 0 Å². The van der Waals surface area contributed by atoms with Crippen LogP contribution in [0.5, 0.6) is 11.5 Å². The van der Waals surface area contributed by atoms with E-state index < -0.39 is 24.1 Å². The van der Waals surface area contributed by atoms with Crippen LogP contribution in [-0.2, 0) is 54.3 Å². The van der Waals surface area contributed by atoms with Crippen molar-refractivity contribution in [2.75, 3.05) is 52.6 Å². The number of unbranched alkanes of at least 4 members (excludes halogenated alkanes) is 6. The molecule has 4 aromatic rings. The quantitative estimate of drug-likeness (QED) is 0.0394. The van der Waals surface area contributed by atoms with Crippen molar-refractivity contribution in [2.24, 2.45) is 0 Å². The van der Waals surface area contributed by atoms with Crippen LogP contribution in [0.25, 0.3) is 0 Å². The first-order chi connectivity index (χ1) is 32.1. The van der Waals surface area contributed by atoms with Gasteiger partial charge in [-0.3, -0.25) is 9.59 Å². The van der Waals surface area contributed by atoms with Crippen LogP contribution < -0.4 is 19.7 Å². The Balaban J connectivity index is 0.000000453. The molecule has 0 N–H and O–H groups in total. The van der Waals surface area contributed by atoms with E-state index in [0.29, 0.717) is 37.8 Å². The van der Waals surface area contributed by atoms with Crippen molar-refractivity contribution in [3.05, 3.63) is 131 Å². The van der Waals surface area contributed by atoms with E-state index in [1.54, 1.807) is 62.4 Å². The summed E-state index contributed by atoms with van der Waals surface area (Å²) in [7, 11) is 0. The molecule has 0 aromatic heterocycles. The molecule has 360 valence electrons. The summed E-state index contributed by atoms with van der Waals surface area (Å²) >= 11 is 0. The molecule has 0 aliphatic carbocycles. The molecule has 0 saturated carbocycles. The second kappa shape index (κ2) is 35.2. The second-order valence-corrected chi connectivity index (χ2v) is 16.2. The molecular formula is C54H72MgN2O10. The van der Waals surface area contributed by atoms with Crippen molar-refractivity contribution >= 4 is 46.8 Å². The molecule has 13 heteroatoms. The second-order valence-electron chi connectivity index (χ2n) is 16.2. The molecule has 67 heavy (non-hydrogen) atoms. The number of carboxylic acid groups (broad SMARTS) is 2. The van der Waals surface area contributed by atoms with Gasteiger partial charge < -0.3 is 48.5 Å². The molecule has 0 bridgehead atoms. The summed E-state index contributed by atoms with van der Waals surface area (Å²) in [5, 5.41) is 22.3. The van der Waals surface area contributed by atoms with Gasteiger partial charge in [0.1, 0.15) is 23.7 Å². The Morgan fingerprint density at radius 3 is 1.13 bits per heavy atom. The van der Waals surface area contributed by atoms with Crippen LogP contribution in [0.1, 0.15) is 101 Å². The number of rotatable bonds is 32. The molecule has 0 aliphatic heterocycles. The number of aliphatic carboxylic acids is 2. The molecule has 0 aliphatic rings. The maximum atomic E-state index is 12.9. The van der Waals surface area contributed by atoms with E-state index in [0.717, 1.165) is 75.6 Å². The van der Waals surface area contributed by atoms with E-state index in [-0.39, 0.29) is 60.9 Å². The van der Waals surface area contributed by atoms with Gasteiger partial charge in [-0.05, 0) is 86.1 Å². The third kappa shape index (κ3) is 24.6. The Bertz CT molecular complexity index is 1790. The fraction of sp³-hybridized carbons (Fsp3) is 0.481. The number of amides is 2. The third-order valence-electron chi connectivity index (χ3n) is 11.0. The third-order valence-corrected chi connectivity index (χ3v) is 11.0. The van der Waals surface area contributed by atoms with Gasteiger partial charge in [0.25, 0.3) is 11.8 Å². The van der Waals surface area contributed by atoms with Crippen molar-refractivity contribution in [3.8, 4) is 11.5 Å². The summed E-state index contributed by atoms with van der Waals surface area (Å²) in [6, 6.07) is 34.5. The minimum atomic E-state index is -1.22. The van der Waals surface area contributed by atoms with Crippen LogP contribution in [-0.4, -0.2) is 121 Å². The number of carboxylic acids is 2. The monoisotopic (exact) mass is 933 g/mol.